The summed E-state index contributed by atoms with van der Waals surface area (Å²) in [5.74, 6) is -4.06. The van der Waals surface area contributed by atoms with Crippen LogP contribution in [0.3, 0.4) is 0 Å². The number of halogens is 2. The Kier molecular flexibility index (Phi) is 4.40. The summed E-state index contributed by atoms with van der Waals surface area (Å²) in [5.41, 5.74) is 0. The maximum absolute atomic E-state index is 11.7. The monoisotopic (exact) mass is 184 g/mol. The molecule has 0 saturated carbocycles. The number of aliphatic carboxylic acids is 1. The first-order valence-electron chi connectivity index (χ1n) is 3.11. The van der Waals surface area contributed by atoms with Crippen LogP contribution in [0, 0.1) is 5.92 Å². The molecule has 0 aliphatic heterocycles. The molecule has 66 valence electrons. The van der Waals surface area contributed by atoms with Crippen molar-refractivity contribution in [2.24, 2.45) is 5.92 Å². The zero-order valence-corrected chi connectivity index (χ0v) is 7.07. The second-order valence-electron chi connectivity index (χ2n) is 2.40. The fraction of sp³-hybridized carbons (Fsp3) is 0.833. The summed E-state index contributed by atoms with van der Waals surface area (Å²) in [7, 11) is 0. The smallest absolute Gasteiger partial charge is 0.317 e. The predicted molar refractivity (Wildman–Crippen MR) is 39.9 cm³/mol. The largest absolute Gasteiger partial charge is 0.480 e. The van der Waals surface area contributed by atoms with Crippen molar-refractivity contribution in [1.29, 1.82) is 0 Å². The van der Waals surface area contributed by atoms with Crippen LogP contribution < -0.4 is 0 Å². The van der Waals surface area contributed by atoms with Gasteiger partial charge in [0.2, 0.25) is 0 Å². The normalized spacial score (nSPS) is 14.0. The summed E-state index contributed by atoms with van der Waals surface area (Å²) in [6.07, 6.45) is 0. The lowest BCUT2D eigenvalue weighted by atomic mass is 10.1. The minimum atomic E-state index is -2.61. The van der Waals surface area contributed by atoms with Gasteiger partial charge in [0.15, 0.2) is 0 Å². The Morgan fingerprint density at radius 2 is 1.91 bits per heavy atom. The SMILES string of the molecule is CC(C)C(SC(F)F)C(=O)O. The van der Waals surface area contributed by atoms with Crippen LogP contribution in [0.4, 0.5) is 8.78 Å². The Labute approximate surface area is 68.0 Å². The van der Waals surface area contributed by atoms with Crippen molar-refractivity contribution < 1.29 is 18.7 Å². The zero-order chi connectivity index (χ0) is 9.02. The average molecular weight is 184 g/mol. The van der Waals surface area contributed by atoms with Crippen LogP contribution in [0.25, 0.3) is 0 Å². The van der Waals surface area contributed by atoms with Gasteiger partial charge in [-0.05, 0) is 5.92 Å². The third kappa shape index (κ3) is 4.19. The number of carbonyl (C=O) groups is 1. The Hall–Kier alpha value is -0.320. The second-order valence-corrected chi connectivity index (χ2v) is 3.54. The quantitative estimate of drug-likeness (QED) is 0.726. The van der Waals surface area contributed by atoms with Gasteiger partial charge in [0, 0.05) is 0 Å². The minimum absolute atomic E-state index is 0.183. The molecule has 11 heavy (non-hydrogen) atoms. The number of rotatable bonds is 4. The number of carboxylic acids is 1. The molecule has 0 aliphatic carbocycles. The average Bonchev–Trinajstić information content (AvgIpc) is 1.81. The number of alkyl halides is 2. The van der Waals surface area contributed by atoms with Gasteiger partial charge in [0.25, 0.3) is 5.76 Å². The third-order valence-electron chi connectivity index (χ3n) is 1.10. The van der Waals surface area contributed by atoms with E-state index in [4.69, 9.17) is 5.11 Å². The van der Waals surface area contributed by atoms with Crippen LogP contribution in [-0.2, 0) is 4.79 Å². The molecule has 0 aromatic carbocycles. The Morgan fingerprint density at radius 1 is 1.45 bits per heavy atom. The lowest BCUT2D eigenvalue weighted by Gasteiger charge is -2.14. The molecule has 1 N–H and O–H groups in total. The van der Waals surface area contributed by atoms with E-state index in [0.717, 1.165) is 0 Å². The standard InChI is InChI=1S/C6H10F2O2S/c1-3(2)4(5(9)10)11-6(7)8/h3-4,6H,1-2H3,(H,9,10). The highest BCUT2D eigenvalue weighted by molar-refractivity contribution is 8.00. The van der Waals surface area contributed by atoms with Gasteiger partial charge in [0.05, 0.1) is 0 Å². The summed E-state index contributed by atoms with van der Waals surface area (Å²) in [6.45, 7) is 3.21. The van der Waals surface area contributed by atoms with Crippen molar-refractivity contribution >= 4 is 17.7 Å². The van der Waals surface area contributed by atoms with Gasteiger partial charge in [-0.25, -0.2) is 0 Å². The van der Waals surface area contributed by atoms with E-state index in [1.165, 1.54) is 0 Å². The minimum Gasteiger partial charge on any atom is -0.480 e. The molecule has 1 unspecified atom stereocenters. The first-order valence-corrected chi connectivity index (χ1v) is 4.06. The first-order chi connectivity index (χ1) is 4.95. The molecular weight excluding hydrogens is 174 g/mol. The zero-order valence-electron chi connectivity index (χ0n) is 6.25. The summed E-state index contributed by atoms with van der Waals surface area (Å²) in [4.78, 5) is 10.3. The van der Waals surface area contributed by atoms with E-state index >= 15 is 0 Å². The molecule has 0 saturated heterocycles. The highest BCUT2D eigenvalue weighted by Gasteiger charge is 2.25. The highest BCUT2D eigenvalue weighted by Crippen LogP contribution is 2.25. The number of thioether (sulfide) groups is 1. The fourth-order valence-electron chi connectivity index (χ4n) is 0.611. The topological polar surface area (TPSA) is 37.3 Å². The number of hydrogen-bond donors (Lipinski definition) is 1. The maximum atomic E-state index is 11.7. The van der Waals surface area contributed by atoms with Gasteiger partial charge in [-0.1, -0.05) is 25.6 Å². The molecule has 0 fully saturated rings. The van der Waals surface area contributed by atoms with Crippen molar-refractivity contribution in [2.45, 2.75) is 24.9 Å². The molecule has 0 bridgehead atoms. The van der Waals surface area contributed by atoms with Crippen LogP contribution in [-0.4, -0.2) is 22.1 Å². The van der Waals surface area contributed by atoms with Crippen LogP contribution in [0.5, 0.6) is 0 Å². The first kappa shape index (κ1) is 10.7. The molecule has 0 aromatic rings. The summed E-state index contributed by atoms with van der Waals surface area (Å²) >= 11 is 0.183. The molecule has 1 atom stereocenters. The maximum Gasteiger partial charge on any atom is 0.317 e. The molecule has 0 spiro atoms. The van der Waals surface area contributed by atoms with Gasteiger partial charge in [0.1, 0.15) is 5.25 Å². The van der Waals surface area contributed by atoms with E-state index in [0.29, 0.717) is 0 Å². The van der Waals surface area contributed by atoms with Crippen LogP contribution >= 0.6 is 11.8 Å². The number of hydrogen-bond acceptors (Lipinski definition) is 2. The van der Waals surface area contributed by atoms with Crippen LogP contribution in [0.15, 0.2) is 0 Å². The molecule has 0 radical (unpaired) electrons. The van der Waals surface area contributed by atoms with E-state index in [-0.39, 0.29) is 17.7 Å². The van der Waals surface area contributed by atoms with Crippen molar-refractivity contribution in [2.75, 3.05) is 0 Å². The Bertz CT molecular complexity index is 139. The second kappa shape index (κ2) is 4.54. The van der Waals surface area contributed by atoms with Crippen LogP contribution in [0.1, 0.15) is 13.8 Å². The summed E-state index contributed by atoms with van der Waals surface area (Å²) < 4.78 is 23.4. The molecule has 0 rings (SSSR count). The van der Waals surface area contributed by atoms with Gasteiger partial charge in [-0.15, -0.1) is 0 Å². The van der Waals surface area contributed by atoms with Crippen molar-refractivity contribution in [1.82, 2.24) is 0 Å². The van der Waals surface area contributed by atoms with Gasteiger partial charge >= 0.3 is 5.97 Å². The van der Waals surface area contributed by atoms with Crippen LogP contribution in [0.2, 0.25) is 0 Å². The predicted octanol–water partition coefficient (Wildman–Crippen LogP) is 2.05. The summed E-state index contributed by atoms with van der Waals surface area (Å²) in [6, 6.07) is 0. The van der Waals surface area contributed by atoms with E-state index < -0.39 is 17.0 Å². The number of carboxylic acid groups (broad SMARTS) is 1. The summed E-state index contributed by atoms with van der Waals surface area (Å²) in [5, 5.41) is 7.43. The van der Waals surface area contributed by atoms with E-state index in [1.807, 2.05) is 0 Å². The fourth-order valence-corrected chi connectivity index (χ4v) is 1.26. The third-order valence-corrected chi connectivity index (χ3v) is 2.34. The molecule has 5 heteroatoms. The van der Waals surface area contributed by atoms with E-state index in [2.05, 4.69) is 0 Å². The van der Waals surface area contributed by atoms with Gasteiger partial charge in [-0.2, -0.15) is 8.78 Å². The van der Waals surface area contributed by atoms with Gasteiger partial charge in [-0.3, -0.25) is 4.79 Å². The van der Waals surface area contributed by atoms with Crippen molar-refractivity contribution in [3.63, 3.8) is 0 Å². The molecular formula is C6H10F2O2S. The molecule has 0 heterocycles. The van der Waals surface area contributed by atoms with Crippen molar-refractivity contribution in [3.05, 3.63) is 0 Å². The Morgan fingerprint density at radius 3 is 2.00 bits per heavy atom. The highest BCUT2D eigenvalue weighted by atomic mass is 32.2. The molecule has 2 nitrogen and oxygen atoms in total. The lowest BCUT2D eigenvalue weighted by molar-refractivity contribution is -0.137. The van der Waals surface area contributed by atoms with Crippen molar-refractivity contribution in [3.8, 4) is 0 Å². The molecule has 0 aliphatic rings. The Balaban J connectivity index is 4.01. The van der Waals surface area contributed by atoms with E-state index in [9.17, 15) is 13.6 Å². The molecule has 0 aromatic heterocycles. The van der Waals surface area contributed by atoms with E-state index in [1.54, 1.807) is 13.8 Å². The molecule has 0 amide bonds. The lowest BCUT2D eigenvalue weighted by Crippen LogP contribution is -2.23. The van der Waals surface area contributed by atoms with Gasteiger partial charge < -0.3 is 5.11 Å².